The van der Waals surface area contributed by atoms with Gasteiger partial charge in [0.25, 0.3) is 5.91 Å². The normalized spacial score (nSPS) is 26.0. The van der Waals surface area contributed by atoms with Crippen molar-refractivity contribution >= 4 is 43.7 Å². The van der Waals surface area contributed by atoms with Crippen molar-refractivity contribution in [2.75, 3.05) is 13.1 Å². The first-order valence-electron chi connectivity index (χ1n) is 6.48. The summed E-state index contributed by atoms with van der Waals surface area (Å²) in [6.45, 7) is 1.24. The maximum atomic E-state index is 12.9. The van der Waals surface area contributed by atoms with Gasteiger partial charge < -0.3 is 15.5 Å². The first kappa shape index (κ1) is 13.4. The predicted molar refractivity (Wildman–Crippen MR) is 81.2 cm³/mol. The second-order valence-corrected chi connectivity index (χ2v) is 7.53. The van der Waals surface area contributed by atoms with Crippen molar-refractivity contribution in [2.45, 2.75) is 17.1 Å². The van der Waals surface area contributed by atoms with Gasteiger partial charge in [-0.15, -0.1) is 0 Å². The molecule has 3 atom stereocenters. The first-order valence-corrected chi connectivity index (χ1v) is 8.38. The summed E-state index contributed by atoms with van der Waals surface area (Å²) >= 11 is 3.40. The summed E-state index contributed by atoms with van der Waals surface area (Å²) in [7, 11) is -1.43. The van der Waals surface area contributed by atoms with E-state index in [-0.39, 0.29) is 17.9 Å². The lowest BCUT2D eigenvalue weighted by atomic mass is 10.2. The Balaban J connectivity index is 1.84. The first-order chi connectivity index (χ1) is 10.0. The summed E-state index contributed by atoms with van der Waals surface area (Å²) in [5.41, 5.74) is 6.39. The van der Waals surface area contributed by atoms with Crippen LogP contribution >= 0.6 is 15.9 Å². The van der Waals surface area contributed by atoms with Crippen molar-refractivity contribution in [1.29, 1.82) is 0 Å². The van der Waals surface area contributed by atoms with Crippen LogP contribution in [0.5, 0.6) is 0 Å². The Bertz CT molecular complexity index is 780. The number of carbonyl (C=O) groups is 1. The fourth-order valence-electron chi connectivity index (χ4n) is 2.74. The standard InChI is InChI=1S/C13H12BrN3O3S/c14-6-1-2-8-7(3-6)12(11(16-8)13(15)18)21(19)17-4-9-10(5-17)20-9/h1-3,9-10,16H,4-5H2,(H2,15,18). The van der Waals surface area contributed by atoms with Gasteiger partial charge in [-0.2, -0.15) is 0 Å². The van der Waals surface area contributed by atoms with Gasteiger partial charge >= 0.3 is 0 Å². The van der Waals surface area contributed by atoms with Crippen LogP contribution in [0, 0.1) is 0 Å². The summed E-state index contributed by atoms with van der Waals surface area (Å²) in [4.78, 5) is 15.1. The summed E-state index contributed by atoms with van der Waals surface area (Å²) < 4.78 is 20.9. The molecule has 2 aliphatic heterocycles. The molecule has 0 aliphatic carbocycles. The molecular formula is C13H12BrN3O3S. The maximum absolute atomic E-state index is 12.9. The van der Waals surface area contributed by atoms with Crippen molar-refractivity contribution in [3.05, 3.63) is 28.4 Å². The van der Waals surface area contributed by atoms with Crippen molar-refractivity contribution in [3.8, 4) is 0 Å². The molecule has 1 amide bonds. The number of primary amides is 1. The number of hydrogen-bond donors (Lipinski definition) is 2. The highest BCUT2D eigenvalue weighted by Gasteiger charge is 2.49. The lowest BCUT2D eigenvalue weighted by Gasteiger charge is -2.16. The Hall–Kier alpha value is -1.22. The van der Waals surface area contributed by atoms with E-state index in [0.29, 0.717) is 18.0 Å². The molecule has 0 bridgehead atoms. The maximum Gasteiger partial charge on any atom is 0.266 e. The molecule has 21 heavy (non-hydrogen) atoms. The third-order valence-electron chi connectivity index (χ3n) is 3.82. The van der Waals surface area contributed by atoms with Crippen molar-refractivity contribution < 1.29 is 13.7 Å². The van der Waals surface area contributed by atoms with E-state index < -0.39 is 16.9 Å². The molecule has 1 aromatic carbocycles. The van der Waals surface area contributed by atoms with E-state index in [9.17, 15) is 9.00 Å². The number of ether oxygens (including phenoxy) is 1. The fourth-order valence-corrected chi connectivity index (χ4v) is 4.60. The minimum Gasteiger partial charge on any atom is -0.367 e. The molecule has 2 aliphatic rings. The molecule has 8 heteroatoms. The van der Waals surface area contributed by atoms with Crippen LogP contribution in [0.15, 0.2) is 27.6 Å². The number of hydrogen-bond acceptors (Lipinski definition) is 3. The number of nitrogens with two attached hydrogens (primary N) is 1. The van der Waals surface area contributed by atoms with Gasteiger partial charge in [-0.25, -0.2) is 8.51 Å². The van der Waals surface area contributed by atoms with E-state index in [1.165, 1.54) is 0 Å². The number of aromatic nitrogens is 1. The van der Waals surface area contributed by atoms with Crippen LogP contribution in [-0.4, -0.2) is 44.7 Å². The molecule has 1 aromatic heterocycles. The monoisotopic (exact) mass is 369 g/mol. The average molecular weight is 370 g/mol. The van der Waals surface area contributed by atoms with Gasteiger partial charge in [-0.3, -0.25) is 4.79 Å². The molecule has 2 aromatic rings. The number of epoxide rings is 1. The third-order valence-corrected chi connectivity index (χ3v) is 5.86. The molecular weight excluding hydrogens is 358 g/mol. The zero-order chi connectivity index (χ0) is 14.7. The van der Waals surface area contributed by atoms with Crippen molar-refractivity contribution in [3.63, 3.8) is 0 Å². The SMILES string of the molecule is NC(=O)c1[nH]c2ccc(Br)cc2c1S(=O)N1CC2OC2C1. The highest BCUT2D eigenvalue weighted by atomic mass is 79.9. The number of aromatic amines is 1. The van der Waals surface area contributed by atoms with E-state index in [0.717, 1.165) is 15.4 Å². The number of fused-ring (bicyclic) bond motifs is 2. The van der Waals surface area contributed by atoms with E-state index in [1.54, 1.807) is 0 Å². The average Bonchev–Trinajstić information content (AvgIpc) is 2.90. The molecule has 110 valence electrons. The van der Waals surface area contributed by atoms with Crippen LogP contribution in [0.1, 0.15) is 10.5 Å². The summed E-state index contributed by atoms with van der Waals surface area (Å²) in [5, 5.41) is 0.748. The third kappa shape index (κ3) is 2.13. The van der Waals surface area contributed by atoms with E-state index in [2.05, 4.69) is 20.9 Å². The lowest BCUT2D eigenvalue weighted by molar-refractivity contribution is 0.0993. The number of rotatable bonds is 3. The number of H-pyrrole nitrogens is 1. The number of benzene rings is 1. The number of carbonyl (C=O) groups excluding carboxylic acids is 1. The molecule has 4 rings (SSSR count). The smallest absolute Gasteiger partial charge is 0.266 e. The van der Waals surface area contributed by atoms with Gasteiger partial charge in [-0.1, -0.05) is 15.9 Å². The largest absolute Gasteiger partial charge is 0.367 e. The van der Waals surface area contributed by atoms with Crippen LogP contribution in [0.25, 0.3) is 10.9 Å². The van der Waals surface area contributed by atoms with Crippen LogP contribution in [-0.2, 0) is 15.7 Å². The Kier molecular flexibility index (Phi) is 2.97. The van der Waals surface area contributed by atoms with Crippen LogP contribution in [0.4, 0.5) is 0 Å². The highest BCUT2D eigenvalue weighted by Crippen LogP contribution is 2.35. The fraction of sp³-hybridized carbons (Fsp3) is 0.308. The summed E-state index contributed by atoms with van der Waals surface area (Å²) in [5.74, 6) is -0.605. The van der Waals surface area contributed by atoms with E-state index in [1.807, 2.05) is 22.5 Å². The number of nitrogens with one attached hydrogen (secondary N) is 1. The van der Waals surface area contributed by atoms with Crippen molar-refractivity contribution in [1.82, 2.24) is 9.29 Å². The molecule has 3 heterocycles. The quantitative estimate of drug-likeness (QED) is 0.794. The zero-order valence-electron chi connectivity index (χ0n) is 10.8. The van der Waals surface area contributed by atoms with Gasteiger partial charge in [0.15, 0.2) is 0 Å². The van der Waals surface area contributed by atoms with E-state index in [4.69, 9.17) is 10.5 Å². The van der Waals surface area contributed by atoms with Gasteiger partial charge in [-0.05, 0) is 18.2 Å². The van der Waals surface area contributed by atoms with Gasteiger partial charge in [0.05, 0.1) is 17.1 Å². The minimum atomic E-state index is -1.43. The summed E-state index contributed by atoms with van der Waals surface area (Å²) in [6, 6.07) is 5.53. The second kappa shape index (κ2) is 4.64. The van der Waals surface area contributed by atoms with Gasteiger partial charge in [0, 0.05) is 28.5 Å². The van der Waals surface area contributed by atoms with Crippen molar-refractivity contribution in [2.24, 2.45) is 5.73 Å². The number of halogens is 1. The Morgan fingerprint density at radius 1 is 1.43 bits per heavy atom. The molecule has 6 nitrogen and oxygen atoms in total. The summed E-state index contributed by atoms with van der Waals surface area (Å²) in [6.07, 6.45) is 0.367. The van der Waals surface area contributed by atoms with E-state index >= 15 is 0 Å². The Morgan fingerprint density at radius 2 is 2.14 bits per heavy atom. The molecule has 3 unspecified atom stereocenters. The zero-order valence-corrected chi connectivity index (χ0v) is 13.2. The molecule has 2 saturated heterocycles. The molecule has 0 radical (unpaired) electrons. The van der Waals surface area contributed by atoms with Crippen LogP contribution in [0.2, 0.25) is 0 Å². The van der Waals surface area contributed by atoms with Crippen LogP contribution < -0.4 is 5.73 Å². The topological polar surface area (TPSA) is 91.7 Å². The minimum absolute atomic E-state index is 0.183. The highest BCUT2D eigenvalue weighted by molar-refractivity contribution is 9.10. The molecule has 2 fully saturated rings. The van der Waals surface area contributed by atoms with Crippen LogP contribution in [0.3, 0.4) is 0 Å². The number of amides is 1. The number of nitrogens with zero attached hydrogens (tertiary/aromatic N) is 1. The number of morpholine rings is 1. The Labute approximate surface area is 131 Å². The van der Waals surface area contributed by atoms with Gasteiger partial charge in [0.1, 0.15) is 16.7 Å². The van der Waals surface area contributed by atoms with Gasteiger partial charge in [0.2, 0.25) is 0 Å². The molecule has 3 N–H and O–H groups in total. The Morgan fingerprint density at radius 3 is 2.81 bits per heavy atom. The predicted octanol–water partition coefficient (Wildman–Crippen LogP) is 1.13. The molecule has 0 saturated carbocycles. The second-order valence-electron chi connectivity index (χ2n) is 5.19. The lowest BCUT2D eigenvalue weighted by Crippen LogP contribution is -2.28. The molecule has 0 spiro atoms.